The number of rotatable bonds is 4. The topological polar surface area (TPSA) is 48.4 Å². The molecule has 0 bridgehead atoms. The molecule has 0 aliphatic rings. The zero-order valence-electron chi connectivity index (χ0n) is 10.8. The lowest BCUT2D eigenvalue weighted by molar-refractivity contribution is 0.243. The van der Waals surface area contributed by atoms with E-state index in [0.29, 0.717) is 5.69 Å². The predicted molar refractivity (Wildman–Crippen MR) is 74.2 cm³/mol. The van der Waals surface area contributed by atoms with E-state index in [2.05, 4.69) is 0 Å². The van der Waals surface area contributed by atoms with Crippen LogP contribution in [0.15, 0.2) is 44.7 Å². The minimum Gasteiger partial charge on any atom is -0.489 e. The molecule has 2 aromatic rings. The molecule has 2 N–H and O–H groups in total. The van der Waals surface area contributed by atoms with Crippen molar-refractivity contribution in [3.8, 4) is 5.75 Å². The van der Waals surface area contributed by atoms with Crippen molar-refractivity contribution >= 4 is 17.4 Å². The zero-order valence-corrected chi connectivity index (χ0v) is 11.6. The van der Waals surface area contributed by atoms with Crippen LogP contribution in [-0.2, 0) is 0 Å². The summed E-state index contributed by atoms with van der Waals surface area (Å²) in [6, 6.07) is 7.78. The first-order valence-corrected chi connectivity index (χ1v) is 6.66. The number of nitrogens with two attached hydrogens (primary N) is 1. The summed E-state index contributed by atoms with van der Waals surface area (Å²) in [5.41, 5.74) is 6.55. The molecule has 0 unspecified atom stereocenters. The monoisotopic (exact) mass is 263 g/mol. The van der Waals surface area contributed by atoms with Crippen molar-refractivity contribution in [2.45, 2.75) is 36.7 Å². The maximum atomic E-state index is 5.89. The molecule has 0 radical (unpaired) electrons. The molecule has 0 amide bonds. The van der Waals surface area contributed by atoms with Crippen LogP contribution >= 0.6 is 11.8 Å². The number of anilines is 1. The van der Waals surface area contributed by atoms with Crippen LogP contribution < -0.4 is 10.5 Å². The lowest BCUT2D eigenvalue weighted by Crippen LogP contribution is -2.07. The van der Waals surface area contributed by atoms with Crippen LogP contribution in [0.25, 0.3) is 0 Å². The average molecular weight is 263 g/mol. The SMILES string of the molecule is Cc1occc1Sc1ccc(N)c(OC(C)C)c1. The summed E-state index contributed by atoms with van der Waals surface area (Å²) in [6.45, 7) is 5.92. The van der Waals surface area contributed by atoms with Gasteiger partial charge in [0.1, 0.15) is 11.5 Å². The molecule has 3 nitrogen and oxygen atoms in total. The number of benzene rings is 1. The van der Waals surface area contributed by atoms with Crippen LogP contribution in [0.3, 0.4) is 0 Å². The van der Waals surface area contributed by atoms with E-state index in [1.807, 2.05) is 45.0 Å². The van der Waals surface area contributed by atoms with Gasteiger partial charge in [0.05, 0.1) is 22.9 Å². The third kappa shape index (κ3) is 3.01. The van der Waals surface area contributed by atoms with Crippen LogP contribution in [0.5, 0.6) is 5.75 Å². The van der Waals surface area contributed by atoms with Gasteiger partial charge in [0, 0.05) is 4.90 Å². The van der Waals surface area contributed by atoms with Crippen molar-refractivity contribution in [1.29, 1.82) is 0 Å². The minimum atomic E-state index is 0.114. The molecule has 0 spiro atoms. The molecule has 4 heteroatoms. The fourth-order valence-electron chi connectivity index (χ4n) is 1.54. The molecule has 0 atom stereocenters. The van der Waals surface area contributed by atoms with Crippen LogP contribution in [0.4, 0.5) is 5.69 Å². The van der Waals surface area contributed by atoms with Gasteiger partial charge in [-0.2, -0.15) is 0 Å². The predicted octanol–water partition coefficient (Wildman–Crippen LogP) is 4.11. The number of ether oxygens (including phenoxy) is 1. The van der Waals surface area contributed by atoms with Gasteiger partial charge in [0.15, 0.2) is 0 Å². The quantitative estimate of drug-likeness (QED) is 0.843. The summed E-state index contributed by atoms with van der Waals surface area (Å²) < 4.78 is 11.0. The van der Waals surface area contributed by atoms with Crippen LogP contribution in [0.2, 0.25) is 0 Å². The zero-order chi connectivity index (χ0) is 13.1. The van der Waals surface area contributed by atoms with E-state index in [9.17, 15) is 0 Å². The minimum absolute atomic E-state index is 0.114. The molecule has 0 aliphatic carbocycles. The maximum Gasteiger partial charge on any atom is 0.143 e. The van der Waals surface area contributed by atoms with Crippen molar-refractivity contribution in [2.24, 2.45) is 0 Å². The lowest BCUT2D eigenvalue weighted by Gasteiger charge is -2.13. The third-order valence-electron chi connectivity index (χ3n) is 2.39. The van der Waals surface area contributed by atoms with Gasteiger partial charge in [0.25, 0.3) is 0 Å². The molecule has 2 rings (SSSR count). The average Bonchev–Trinajstić information content (AvgIpc) is 2.69. The highest BCUT2D eigenvalue weighted by Gasteiger charge is 2.08. The van der Waals surface area contributed by atoms with Crippen molar-refractivity contribution in [3.05, 3.63) is 36.3 Å². The van der Waals surface area contributed by atoms with E-state index in [1.165, 1.54) is 0 Å². The Balaban J connectivity index is 2.22. The summed E-state index contributed by atoms with van der Waals surface area (Å²) >= 11 is 1.64. The van der Waals surface area contributed by atoms with E-state index in [4.69, 9.17) is 14.9 Å². The summed E-state index contributed by atoms with van der Waals surface area (Å²) in [4.78, 5) is 2.19. The maximum absolute atomic E-state index is 5.89. The molecule has 96 valence electrons. The van der Waals surface area contributed by atoms with Gasteiger partial charge in [-0.15, -0.1) is 0 Å². The van der Waals surface area contributed by atoms with Gasteiger partial charge in [-0.3, -0.25) is 0 Å². The molecule has 18 heavy (non-hydrogen) atoms. The third-order valence-corrected chi connectivity index (χ3v) is 3.52. The molecule has 1 aromatic carbocycles. The Bertz CT molecular complexity index is 534. The van der Waals surface area contributed by atoms with Crippen molar-refractivity contribution in [3.63, 3.8) is 0 Å². The van der Waals surface area contributed by atoms with Crippen molar-refractivity contribution in [2.75, 3.05) is 5.73 Å². The van der Waals surface area contributed by atoms with Crippen molar-refractivity contribution in [1.82, 2.24) is 0 Å². The Morgan fingerprint density at radius 1 is 1.28 bits per heavy atom. The van der Waals surface area contributed by atoms with Crippen LogP contribution in [-0.4, -0.2) is 6.10 Å². The van der Waals surface area contributed by atoms with Gasteiger partial charge < -0.3 is 14.9 Å². The summed E-state index contributed by atoms with van der Waals surface area (Å²) in [6.07, 6.45) is 1.81. The van der Waals surface area contributed by atoms with Crippen molar-refractivity contribution < 1.29 is 9.15 Å². The Hall–Kier alpha value is -1.55. The Morgan fingerprint density at radius 3 is 2.67 bits per heavy atom. The van der Waals surface area contributed by atoms with E-state index < -0.39 is 0 Å². The number of hydrogen-bond donors (Lipinski definition) is 1. The highest BCUT2D eigenvalue weighted by Crippen LogP contribution is 2.35. The normalized spacial score (nSPS) is 10.9. The highest BCUT2D eigenvalue weighted by molar-refractivity contribution is 7.99. The summed E-state index contributed by atoms with van der Waals surface area (Å²) in [5.74, 6) is 1.65. The second-order valence-electron chi connectivity index (χ2n) is 4.31. The van der Waals surface area contributed by atoms with Gasteiger partial charge in [-0.05, 0) is 45.0 Å². The van der Waals surface area contributed by atoms with E-state index >= 15 is 0 Å². The molecule has 0 saturated heterocycles. The lowest BCUT2D eigenvalue weighted by atomic mass is 10.3. The largest absolute Gasteiger partial charge is 0.489 e. The summed E-state index contributed by atoms with van der Waals surface area (Å²) in [5, 5.41) is 0. The first kappa shape index (κ1) is 12.9. The molecule has 1 aromatic heterocycles. The Labute approximate surface area is 111 Å². The first-order valence-electron chi connectivity index (χ1n) is 5.84. The molecule has 0 fully saturated rings. The van der Waals surface area contributed by atoms with Gasteiger partial charge in [-0.1, -0.05) is 11.8 Å². The standard InChI is InChI=1S/C14H17NO2S/c1-9(2)17-13-8-11(4-5-12(13)15)18-14-6-7-16-10(14)3/h4-9H,15H2,1-3H3. The number of furan rings is 1. The second kappa shape index (κ2) is 5.40. The van der Waals surface area contributed by atoms with E-state index in [1.54, 1.807) is 18.0 Å². The molecule has 1 heterocycles. The molecular weight excluding hydrogens is 246 g/mol. The molecule has 0 aliphatic heterocycles. The number of nitrogen functional groups attached to an aromatic ring is 1. The summed E-state index contributed by atoms with van der Waals surface area (Å²) in [7, 11) is 0. The highest BCUT2D eigenvalue weighted by atomic mass is 32.2. The number of hydrogen-bond acceptors (Lipinski definition) is 4. The fourth-order valence-corrected chi connectivity index (χ4v) is 2.41. The van der Waals surface area contributed by atoms with Gasteiger partial charge >= 0.3 is 0 Å². The second-order valence-corrected chi connectivity index (χ2v) is 5.42. The van der Waals surface area contributed by atoms with E-state index in [0.717, 1.165) is 21.3 Å². The molecule has 0 saturated carbocycles. The Kier molecular flexibility index (Phi) is 3.87. The first-order chi connectivity index (χ1) is 8.56. The van der Waals surface area contributed by atoms with Gasteiger partial charge in [-0.25, -0.2) is 0 Å². The molecular formula is C14H17NO2S. The van der Waals surface area contributed by atoms with Crippen LogP contribution in [0.1, 0.15) is 19.6 Å². The number of aryl methyl sites for hydroxylation is 1. The van der Waals surface area contributed by atoms with E-state index in [-0.39, 0.29) is 6.10 Å². The van der Waals surface area contributed by atoms with Gasteiger partial charge in [0.2, 0.25) is 0 Å². The van der Waals surface area contributed by atoms with Crippen LogP contribution in [0, 0.1) is 6.92 Å². The fraction of sp³-hybridized carbons (Fsp3) is 0.286. The Morgan fingerprint density at radius 2 is 2.06 bits per heavy atom. The smallest absolute Gasteiger partial charge is 0.143 e.